The third-order valence-corrected chi connectivity index (χ3v) is 7.17. The van der Waals surface area contributed by atoms with E-state index in [0.717, 1.165) is 44.9 Å². The van der Waals surface area contributed by atoms with Gasteiger partial charge >= 0.3 is 0 Å². The molecule has 0 spiro atoms. The highest BCUT2D eigenvalue weighted by Crippen LogP contribution is 2.55. The number of hydrogen-bond acceptors (Lipinski definition) is 6. The van der Waals surface area contributed by atoms with Gasteiger partial charge in [-0.1, -0.05) is 0 Å². The van der Waals surface area contributed by atoms with E-state index >= 15 is 0 Å². The number of amides is 1. The number of carbonyl (C=O) groups excluding carboxylic acids is 1. The van der Waals surface area contributed by atoms with E-state index in [2.05, 4.69) is 20.6 Å². The van der Waals surface area contributed by atoms with Crippen LogP contribution in [0.4, 0.5) is 5.95 Å². The summed E-state index contributed by atoms with van der Waals surface area (Å²) in [6.45, 7) is 0. The summed E-state index contributed by atoms with van der Waals surface area (Å²) >= 11 is 0. The normalized spacial score (nSPS) is 37.0. The van der Waals surface area contributed by atoms with Gasteiger partial charge in [0.25, 0.3) is 5.91 Å². The minimum Gasteiger partial charge on any atom is -0.480 e. The van der Waals surface area contributed by atoms with Gasteiger partial charge in [0.2, 0.25) is 11.8 Å². The lowest BCUT2D eigenvalue weighted by Crippen LogP contribution is -2.61. The fraction of sp³-hybridized carbons (Fsp3) is 0.750. The van der Waals surface area contributed by atoms with Gasteiger partial charge in [-0.2, -0.15) is 4.98 Å². The van der Waals surface area contributed by atoms with Gasteiger partial charge in [-0.05, 0) is 69.1 Å². The van der Waals surface area contributed by atoms with Crippen molar-refractivity contribution < 1.29 is 14.6 Å². The van der Waals surface area contributed by atoms with Crippen molar-refractivity contribution in [2.24, 2.45) is 17.8 Å². The van der Waals surface area contributed by atoms with Crippen molar-refractivity contribution in [3.63, 3.8) is 0 Å². The van der Waals surface area contributed by atoms with Crippen LogP contribution in [0.2, 0.25) is 0 Å². The number of rotatable bonds is 5. The highest BCUT2D eigenvalue weighted by molar-refractivity contribution is 5.96. The molecule has 146 valence electrons. The predicted octanol–water partition coefficient (Wildman–Crippen LogP) is 2.12. The first-order chi connectivity index (χ1) is 13.0. The third-order valence-electron chi connectivity index (χ3n) is 7.17. The summed E-state index contributed by atoms with van der Waals surface area (Å²) in [6.07, 6.45) is 9.84. The number of carbonyl (C=O) groups is 1. The first kappa shape index (κ1) is 17.2. The molecule has 5 aliphatic carbocycles. The molecule has 2 unspecified atom stereocenters. The second kappa shape index (κ2) is 6.33. The van der Waals surface area contributed by atoms with Gasteiger partial charge in [0, 0.05) is 18.3 Å². The van der Waals surface area contributed by atoms with E-state index in [0.29, 0.717) is 41.2 Å². The van der Waals surface area contributed by atoms with Crippen LogP contribution in [0.3, 0.4) is 0 Å². The molecule has 1 aromatic heterocycles. The lowest BCUT2D eigenvalue weighted by Gasteiger charge is -2.58. The zero-order valence-electron chi connectivity index (χ0n) is 15.8. The predicted molar refractivity (Wildman–Crippen MR) is 99.6 cm³/mol. The van der Waals surface area contributed by atoms with Gasteiger partial charge in [-0.25, -0.2) is 4.98 Å². The molecule has 2 atom stereocenters. The van der Waals surface area contributed by atoms with Crippen molar-refractivity contribution >= 4 is 11.9 Å². The molecule has 5 fully saturated rings. The van der Waals surface area contributed by atoms with E-state index in [-0.39, 0.29) is 11.9 Å². The van der Waals surface area contributed by atoms with Gasteiger partial charge < -0.3 is 20.5 Å². The number of ether oxygens (including phenoxy) is 1. The molecule has 1 amide bonds. The Bertz CT molecular complexity index is 735. The fourth-order valence-electron chi connectivity index (χ4n) is 5.93. The molecule has 0 saturated heterocycles. The summed E-state index contributed by atoms with van der Waals surface area (Å²) in [4.78, 5) is 21.6. The van der Waals surface area contributed by atoms with Crippen molar-refractivity contribution in [1.29, 1.82) is 0 Å². The van der Waals surface area contributed by atoms with Gasteiger partial charge in [-0.3, -0.25) is 4.79 Å². The maximum absolute atomic E-state index is 12.9. The van der Waals surface area contributed by atoms with Crippen LogP contribution in [0.1, 0.15) is 61.7 Å². The van der Waals surface area contributed by atoms with Crippen LogP contribution in [-0.2, 0) is 0 Å². The molecular formula is C20H28N4O3. The van der Waals surface area contributed by atoms with Gasteiger partial charge in [0.1, 0.15) is 5.56 Å². The molecule has 3 N–H and O–H groups in total. The molecule has 6 rings (SSSR count). The van der Waals surface area contributed by atoms with E-state index in [1.54, 1.807) is 6.20 Å². The van der Waals surface area contributed by atoms with E-state index in [4.69, 9.17) is 4.74 Å². The monoisotopic (exact) mass is 372 g/mol. The number of nitrogens with one attached hydrogen (secondary N) is 2. The van der Waals surface area contributed by atoms with Crippen LogP contribution in [0.5, 0.6) is 5.88 Å². The summed E-state index contributed by atoms with van der Waals surface area (Å²) in [6, 6.07) is 0.556. The van der Waals surface area contributed by atoms with Crippen LogP contribution >= 0.6 is 0 Å². The SMILES string of the molecule is COc1nc(NC2CCC2)ncc1C(=O)N[C@H]1C2CC3CC1C[C@@](O)(C3)C2. The number of hydrogen-bond donors (Lipinski definition) is 3. The molecule has 5 aliphatic rings. The van der Waals surface area contributed by atoms with Crippen LogP contribution in [0.25, 0.3) is 0 Å². The second-order valence-electron chi connectivity index (χ2n) is 9.08. The molecule has 4 bridgehead atoms. The molecule has 27 heavy (non-hydrogen) atoms. The smallest absolute Gasteiger partial charge is 0.258 e. The second-order valence-corrected chi connectivity index (χ2v) is 9.08. The largest absolute Gasteiger partial charge is 0.480 e. The Balaban J connectivity index is 1.31. The number of anilines is 1. The van der Waals surface area contributed by atoms with Crippen molar-refractivity contribution in [3.05, 3.63) is 11.8 Å². The molecule has 1 aromatic rings. The topological polar surface area (TPSA) is 96.4 Å². The first-order valence-corrected chi connectivity index (χ1v) is 10.2. The quantitative estimate of drug-likeness (QED) is 0.733. The number of aromatic nitrogens is 2. The van der Waals surface area contributed by atoms with Crippen LogP contribution in [-0.4, -0.2) is 45.8 Å². The zero-order chi connectivity index (χ0) is 18.6. The molecule has 7 heteroatoms. The number of nitrogens with zero attached hydrogens (tertiary/aromatic N) is 2. The Labute approximate surface area is 159 Å². The Morgan fingerprint density at radius 2 is 2.00 bits per heavy atom. The standard InChI is InChI=1S/C20H28N4O3/c1-27-18-15(10-21-19(24-18)22-14-3-2-4-14)17(25)23-16-12-5-11-6-13(16)9-20(26,7-11)8-12/h10-14,16,26H,2-9H2,1H3,(H,23,25)(H,21,22,24)/t11?,12?,13?,16-,20+. The van der Waals surface area contributed by atoms with Crippen molar-refractivity contribution in [2.75, 3.05) is 12.4 Å². The van der Waals surface area contributed by atoms with Gasteiger partial charge in [0.05, 0.1) is 12.7 Å². The molecule has 1 heterocycles. The lowest BCUT2D eigenvalue weighted by molar-refractivity contribution is -0.136. The first-order valence-electron chi connectivity index (χ1n) is 10.2. The molecule has 7 nitrogen and oxygen atoms in total. The summed E-state index contributed by atoms with van der Waals surface area (Å²) in [5.74, 6) is 2.02. The summed E-state index contributed by atoms with van der Waals surface area (Å²) in [5, 5.41) is 17.2. The van der Waals surface area contributed by atoms with E-state index in [1.807, 2.05) is 0 Å². The Kier molecular flexibility index (Phi) is 4.04. The van der Waals surface area contributed by atoms with E-state index in [1.165, 1.54) is 13.5 Å². The summed E-state index contributed by atoms with van der Waals surface area (Å²) < 4.78 is 5.37. The molecule has 0 aromatic carbocycles. The minimum absolute atomic E-state index is 0.131. The van der Waals surface area contributed by atoms with Crippen LogP contribution in [0.15, 0.2) is 6.20 Å². The Morgan fingerprint density at radius 3 is 2.59 bits per heavy atom. The third kappa shape index (κ3) is 3.06. The average molecular weight is 372 g/mol. The Morgan fingerprint density at radius 1 is 1.26 bits per heavy atom. The van der Waals surface area contributed by atoms with Crippen molar-refractivity contribution in [3.8, 4) is 5.88 Å². The van der Waals surface area contributed by atoms with Crippen LogP contribution in [0, 0.1) is 17.8 Å². The molecule has 5 saturated carbocycles. The van der Waals surface area contributed by atoms with Crippen LogP contribution < -0.4 is 15.4 Å². The maximum Gasteiger partial charge on any atom is 0.258 e. The number of methoxy groups -OCH3 is 1. The van der Waals surface area contributed by atoms with Gasteiger partial charge in [0.15, 0.2) is 0 Å². The fourth-order valence-corrected chi connectivity index (χ4v) is 5.93. The molecule has 0 radical (unpaired) electrons. The highest BCUT2D eigenvalue weighted by Gasteiger charge is 2.55. The van der Waals surface area contributed by atoms with E-state index in [9.17, 15) is 9.90 Å². The maximum atomic E-state index is 12.9. The van der Waals surface area contributed by atoms with Crippen molar-refractivity contribution in [1.82, 2.24) is 15.3 Å². The summed E-state index contributed by atoms with van der Waals surface area (Å²) in [5.41, 5.74) is -0.114. The van der Waals surface area contributed by atoms with E-state index < -0.39 is 5.60 Å². The molecular weight excluding hydrogens is 344 g/mol. The lowest BCUT2D eigenvalue weighted by atomic mass is 9.52. The number of aliphatic hydroxyl groups is 1. The highest BCUT2D eigenvalue weighted by atomic mass is 16.5. The Hall–Kier alpha value is -1.89. The van der Waals surface area contributed by atoms with Crippen molar-refractivity contribution in [2.45, 2.75) is 69.1 Å². The minimum atomic E-state index is -0.493. The summed E-state index contributed by atoms with van der Waals surface area (Å²) in [7, 11) is 1.53. The molecule has 0 aliphatic heterocycles. The average Bonchev–Trinajstić information content (AvgIpc) is 2.59. The van der Waals surface area contributed by atoms with Gasteiger partial charge in [-0.15, -0.1) is 0 Å². The zero-order valence-corrected chi connectivity index (χ0v) is 15.8.